The van der Waals surface area contributed by atoms with Crippen LogP contribution < -0.4 is 5.32 Å². The molecule has 3 nitrogen and oxygen atoms in total. The van der Waals surface area contributed by atoms with Crippen LogP contribution in [0.4, 0.5) is 5.82 Å². The molecule has 1 unspecified atom stereocenters. The number of fused-ring (bicyclic) bond motifs is 6. The lowest BCUT2D eigenvalue weighted by Gasteiger charge is -2.27. The number of benzene rings is 1. The van der Waals surface area contributed by atoms with E-state index in [0.29, 0.717) is 0 Å². The predicted octanol–water partition coefficient (Wildman–Crippen LogP) is 2.77. The van der Waals surface area contributed by atoms with E-state index in [1.54, 1.807) is 12.2 Å². The molecule has 1 aliphatic heterocycles. The standard InChI is InChI=1S/C15H10N2O/c18-12-7-3-6-11-14(12)15-10-5-2-1-4-9(10)8-13(16-11)17-15/h1-8,14H,(H,16,17). The molecule has 0 saturated heterocycles. The molecule has 2 bridgehead atoms. The molecule has 2 aliphatic rings. The Balaban J connectivity index is 2.07. The third-order valence-corrected chi connectivity index (χ3v) is 3.45. The highest BCUT2D eigenvalue weighted by atomic mass is 16.1. The van der Waals surface area contributed by atoms with Gasteiger partial charge in [0.2, 0.25) is 0 Å². The van der Waals surface area contributed by atoms with Gasteiger partial charge in [-0.15, -0.1) is 0 Å². The number of rotatable bonds is 0. The molecule has 0 saturated carbocycles. The van der Waals surface area contributed by atoms with Gasteiger partial charge in [-0.2, -0.15) is 0 Å². The van der Waals surface area contributed by atoms with E-state index in [1.807, 2.05) is 36.4 Å². The molecule has 3 heteroatoms. The maximum atomic E-state index is 12.1. The zero-order chi connectivity index (χ0) is 12.1. The summed E-state index contributed by atoms with van der Waals surface area (Å²) in [5, 5.41) is 5.40. The summed E-state index contributed by atoms with van der Waals surface area (Å²) in [6.07, 6.45) is 5.35. The van der Waals surface area contributed by atoms with Crippen molar-refractivity contribution in [2.45, 2.75) is 5.92 Å². The molecule has 1 aromatic carbocycles. The Morgan fingerprint density at radius 1 is 1.22 bits per heavy atom. The van der Waals surface area contributed by atoms with Crippen LogP contribution in [0.5, 0.6) is 0 Å². The summed E-state index contributed by atoms with van der Waals surface area (Å²) < 4.78 is 0. The SMILES string of the molecule is O=C1C=CC=C2Nc3cc4ccccc4c(n3)C12. The average molecular weight is 234 g/mol. The summed E-state index contributed by atoms with van der Waals surface area (Å²) in [5.41, 5.74) is 1.79. The molecule has 4 rings (SSSR count). The van der Waals surface area contributed by atoms with E-state index in [2.05, 4.69) is 10.3 Å². The largest absolute Gasteiger partial charge is 0.343 e. The molecule has 1 atom stereocenters. The number of nitrogens with one attached hydrogen (secondary N) is 1. The molecule has 0 amide bonds. The molecular formula is C15H10N2O. The van der Waals surface area contributed by atoms with Crippen molar-refractivity contribution in [1.82, 2.24) is 4.98 Å². The van der Waals surface area contributed by atoms with E-state index in [9.17, 15) is 4.79 Å². The number of anilines is 1. The quantitative estimate of drug-likeness (QED) is 0.762. The first-order valence-corrected chi connectivity index (χ1v) is 5.92. The molecule has 0 fully saturated rings. The highest BCUT2D eigenvalue weighted by molar-refractivity contribution is 6.04. The topological polar surface area (TPSA) is 42.0 Å². The van der Waals surface area contributed by atoms with Gasteiger partial charge in [-0.05, 0) is 23.6 Å². The molecule has 2 heterocycles. The van der Waals surface area contributed by atoms with Crippen LogP contribution in [-0.2, 0) is 4.79 Å². The van der Waals surface area contributed by atoms with E-state index >= 15 is 0 Å². The van der Waals surface area contributed by atoms with Crippen LogP contribution in [0.1, 0.15) is 11.6 Å². The summed E-state index contributed by atoms with van der Waals surface area (Å²) in [6, 6.07) is 10.1. The second-order valence-corrected chi connectivity index (χ2v) is 4.56. The lowest BCUT2D eigenvalue weighted by atomic mass is 9.87. The van der Waals surface area contributed by atoms with Crippen molar-refractivity contribution in [3.05, 3.63) is 60.0 Å². The van der Waals surface area contributed by atoms with Gasteiger partial charge in [-0.3, -0.25) is 4.79 Å². The fraction of sp³-hybridized carbons (Fsp3) is 0.0667. The zero-order valence-corrected chi connectivity index (χ0v) is 9.55. The Hall–Kier alpha value is -2.42. The van der Waals surface area contributed by atoms with Crippen molar-refractivity contribution >= 4 is 22.4 Å². The Morgan fingerprint density at radius 3 is 3.06 bits per heavy atom. The van der Waals surface area contributed by atoms with Crippen molar-refractivity contribution in [3.63, 3.8) is 0 Å². The second-order valence-electron chi connectivity index (χ2n) is 4.56. The van der Waals surface area contributed by atoms with Gasteiger partial charge in [-0.25, -0.2) is 4.98 Å². The number of carbonyl (C=O) groups is 1. The predicted molar refractivity (Wildman–Crippen MR) is 70.3 cm³/mol. The summed E-state index contributed by atoms with van der Waals surface area (Å²) in [4.78, 5) is 16.6. The Bertz CT molecular complexity index is 743. The molecule has 86 valence electrons. The van der Waals surface area contributed by atoms with Crippen LogP contribution in [0, 0.1) is 0 Å². The summed E-state index contributed by atoms with van der Waals surface area (Å²) in [7, 11) is 0. The first-order valence-electron chi connectivity index (χ1n) is 5.92. The lowest BCUT2D eigenvalue weighted by molar-refractivity contribution is -0.115. The van der Waals surface area contributed by atoms with Crippen LogP contribution in [0.15, 0.2) is 54.3 Å². The van der Waals surface area contributed by atoms with Crippen LogP contribution in [0.3, 0.4) is 0 Å². The number of hydrogen-bond donors (Lipinski definition) is 1. The highest BCUT2D eigenvalue weighted by Crippen LogP contribution is 2.37. The fourth-order valence-electron chi connectivity index (χ4n) is 2.65. The molecule has 2 aromatic rings. The van der Waals surface area contributed by atoms with Gasteiger partial charge >= 0.3 is 0 Å². The number of allylic oxidation sites excluding steroid dienone is 4. The van der Waals surface area contributed by atoms with Gasteiger partial charge in [0.15, 0.2) is 5.78 Å². The number of aromatic nitrogens is 1. The highest BCUT2D eigenvalue weighted by Gasteiger charge is 2.31. The monoisotopic (exact) mass is 234 g/mol. The minimum atomic E-state index is -0.270. The third-order valence-electron chi connectivity index (χ3n) is 3.45. The van der Waals surface area contributed by atoms with Crippen LogP contribution in [0.2, 0.25) is 0 Å². The van der Waals surface area contributed by atoms with Gasteiger partial charge in [0.05, 0.1) is 5.69 Å². The van der Waals surface area contributed by atoms with E-state index in [1.165, 1.54) is 0 Å². The minimum Gasteiger partial charge on any atom is -0.343 e. The van der Waals surface area contributed by atoms with Crippen molar-refractivity contribution in [1.29, 1.82) is 0 Å². The van der Waals surface area contributed by atoms with Crippen molar-refractivity contribution in [2.24, 2.45) is 0 Å². The maximum Gasteiger partial charge on any atom is 0.170 e. The first-order chi connectivity index (χ1) is 8.83. The summed E-state index contributed by atoms with van der Waals surface area (Å²) in [6.45, 7) is 0. The van der Waals surface area contributed by atoms with E-state index in [4.69, 9.17) is 0 Å². The molecular weight excluding hydrogens is 224 g/mol. The number of hydrogen-bond acceptors (Lipinski definition) is 3. The first kappa shape index (κ1) is 9.59. The van der Waals surface area contributed by atoms with Crippen LogP contribution >= 0.6 is 0 Å². The number of carbonyl (C=O) groups excluding carboxylic acids is 1. The molecule has 0 spiro atoms. The van der Waals surface area contributed by atoms with Gasteiger partial charge in [0.1, 0.15) is 11.7 Å². The number of pyridine rings is 1. The summed E-state index contributed by atoms with van der Waals surface area (Å²) in [5.74, 6) is 0.636. The molecule has 0 radical (unpaired) electrons. The molecule has 1 N–H and O–H groups in total. The average Bonchev–Trinajstić information content (AvgIpc) is 2.38. The lowest BCUT2D eigenvalue weighted by Crippen LogP contribution is -2.25. The normalized spacial score (nSPS) is 20.3. The van der Waals surface area contributed by atoms with Crippen LogP contribution in [0.25, 0.3) is 10.8 Å². The van der Waals surface area contributed by atoms with Gasteiger partial charge < -0.3 is 5.32 Å². The van der Waals surface area contributed by atoms with Crippen molar-refractivity contribution < 1.29 is 4.79 Å². The Labute approximate surface area is 104 Å². The second kappa shape index (κ2) is 3.29. The smallest absolute Gasteiger partial charge is 0.170 e. The molecule has 18 heavy (non-hydrogen) atoms. The van der Waals surface area contributed by atoms with Crippen molar-refractivity contribution in [3.8, 4) is 0 Å². The van der Waals surface area contributed by atoms with E-state index in [-0.39, 0.29) is 11.7 Å². The fourth-order valence-corrected chi connectivity index (χ4v) is 2.65. The maximum absolute atomic E-state index is 12.1. The minimum absolute atomic E-state index is 0.0921. The van der Waals surface area contributed by atoms with E-state index in [0.717, 1.165) is 28.0 Å². The Kier molecular flexibility index (Phi) is 1.75. The number of nitrogens with zero attached hydrogens (tertiary/aromatic N) is 1. The Morgan fingerprint density at radius 2 is 2.11 bits per heavy atom. The molecule has 1 aliphatic carbocycles. The van der Waals surface area contributed by atoms with Gasteiger partial charge in [0, 0.05) is 11.1 Å². The summed E-state index contributed by atoms with van der Waals surface area (Å²) >= 11 is 0. The number of ketones is 1. The van der Waals surface area contributed by atoms with Crippen molar-refractivity contribution in [2.75, 3.05) is 5.32 Å². The van der Waals surface area contributed by atoms with Gasteiger partial charge in [0.25, 0.3) is 0 Å². The van der Waals surface area contributed by atoms with Gasteiger partial charge in [-0.1, -0.05) is 30.3 Å². The van der Waals surface area contributed by atoms with Crippen LogP contribution in [-0.4, -0.2) is 10.8 Å². The molecule has 1 aromatic heterocycles. The van der Waals surface area contributed by atoms with E-state index < -0.39 is 0 Å². The third kappa shape index (κ3) is 1.19. The zero-order valence-electron chi connectivity index (χ0n) is 9.55.